The molecular formula is C23H28ClN3O2. The second kappa shape index (κ2) is 8.97. The van der Waals surface area contributed by atoms with Crippen molar-refractivity contribution in [3.8, 4) is 0 Å². The number of nitrogens with zero attached hydrogens (tertiary/aromatic N) is 2. The fourth-order valence-corrected chi connectivity index (χ4v) is 4.46. The molecule has 2 amide bonds. The fourth-order valence-electron chi connectivity index (χ4n) is 4.46. The van der Waals surface area contributed by atoms with Crippen LogP contribution in [0.15, 0.2) is 54.6 Å². The number of carbonyl (C=O) groups excluding carboxylic acids is 2. The van der Waals surface area contributed by atoms with Crippen LogP contribution >= 0.6 is 12.4 Å². The van der Waals surface area contributed by atoms with Gasteiger partial charge in [-0.15, -0.1) is 12.4 Å². The molecule has 2 aromatic carbocycles. The third kappa shape index (κ3) is 4.46. The van der Waals surface area contributed by atoms with E-state index in [1.165, 1.54) is 12.8 Å². The predicted octanol–water partition coefficient (Wildman–Crippen LogP) is 3.74. The first-order valence-corrected chi connectivity index (χ1v) is 9.99. The van der Waals surface area contributed by atoms with Crippen LogP contribution in [0, 0.1) is 0 Å². The molecule has 0 saturated carbocycles. The van der Waals surface area contributed by atoms with Crippen LogP contribution in [0.4, 0.5) is 5.69 Å². The summed E-state index contributed by atoms with van der Waals surface area (Å²) in [5.41, 5.74) is 1.92. The molecule has 0 aromatic heterocycles. The van der Waals surface area contributed by atoms with Gasteiger partial charge in [-0.1, -0.05) is 24.3 Å². The molecule has 6 heteroatoms. The van der Waals surface area contributed by atoms with Gasteiger partial charge in [-0.05, 0) is 56.0 Å². The first-order valence-electron chi connectivity index (χ1n) is 9.99. The number of rotatable bonds is 4. The van der Waals surface area contributed by atoms with Gasteiger partial charge in [0.15, 0.2) is 0 Å². The molecule has 0 radical (unpaired) electrons. The summed E-state index contributed by atoms with van der Waals surface area (Å²) in [6, 6.07) is 17.9. The molecule has 4 rings (SSSR count). The highest BCUT2D eigenvalue weighted by Gasteiger charge is 2.36. The molecule has 2 unspecified atom stereocenters. The first-order chi connectivity index (χ1) is 13.5. The minimum Gasteiger partial charge on any atom is -0.339 e. The Morgan fingerprint density at radius 1 is 0.862 bits per heavy atom. The topological polar surface area (TPSA) is 52.7 Å². The Kier molecular flexibility index (Phi) is 6.60. The Morgan fingerprint density at radius 3 is 2.07 bits per heavy atom. The lowest BCUT2D eigenvalue weighted by molar-refractivity contribution is 0.0681. The average molecular weight is 414 g/mol. The van der Waals surface area contributed by atoms with E-state index in [-0.39, 0.29) is 30.3 Å². The summed E-state index contributed by atoms with van der Waals surface area (Å²) in [5.74, 6) is -0.133. The summed E-state index contributed by atoms with van der Waals surface area (Å²) in [6.07, 6.45) is 4.43. The van der Waals surface area contributed by atoms with E-state index in [4.69, 9.17) is 0 Å². The highest BCUT2D eigenvalue weighted by molar-refractivity contribution is 6.07. The van der Waals surface area contributed by atoms with Gasteiger partial charge in [0.1, 0.15) is 0 Å². The quantitative estimate of drug-likeness (QED) is 0.830. The zero-order chi connectivity index (χ0) is 19.7. The van der Waals surface area contributed by atoms with Gasteiger partial charge in [0, 0.05) is 49.0 Å². The number of carbonyl (C=O) groups is 2. The number of anilines is 1. The third-order valence-electron chi connectivity index (χ3n) is 6.12. The minimum absolute atomic E-state index is 0. The summed E-state index contributed by atoms with van der Waals surface area (Å²) in [4.78, 5) is 29.4. The maximum atomic E-state index is 13.1. The van der Waals surface area contributed by atoms with Gasteiger partial charge in [-0.3, -0.25) is 9.59 Å². The number of hydrogen-bond donors (Lipinski definition) is 1. The normalized spacial score (nSPS) is 22.5. The maximum Gasteiger partial charge on any atom is 0.258 e. The lowest BCUT2D eigenvalue weighted by Crippen LogP contribution is -2.48. The van der Waals surface area contributed by atoms with Crippen LogP contribution in [-0.4, -0.2) is 48.9 Å². The standard InChI is InChI=1S/C23H27N3O2.ClH/c1-25(20-9-4-3-5-10-20)22(27)16-7-6-8-17(13-16)23(28)26(2)21-14-18-11-12-19(15-21)24-18;/h3-10,13,18-19,21,24H,11-12,14-15H2,1-2H3;1H. The van der Waals surface area contributed by atoms with Crippen LogP contribution in [-0.2, 0) is 0 Å². The molecule has 29 heavy (non-hydrogen) atoms. The molecule has 2 aliphatic rings. The van der Waals surface area contributed by atoms with Crippen molar-refractivity contribution < 1.29 is 9.59 Å². The molecule has 154 valence electrons. The Bertz CT molecular complexity index is 861. The number of fused-ring (bicyclic) bond motifs is 2. The number of halogens is 1. The molecule has 2 saturated heterocycles. The van der Waals surface area contributed by atoms with Crippen molar-refractivity contribution in [2.75, 3.05) is 19.0 Å². The van der Waals surface area contributed by atoms with Gasteiger partial charge in [0.25, 0.3) is 11.8 Å². The van der Waals surface area contributed by atoms with E-state index in [9.17, 15) is 9.59 Å². The lowest BCUT2D eigenvalue weighted by Gasteiger charge is -2.35. The molecular weight excluding hydrogens is 386 g/mol. The van der Waals surface area contributed by atoms with E-state index in [0.717, 1.165) is 18.5 Å². The predicted molar refractivity (Wildman–Crippen MR) is 118 cm³/mol. The number of amides is 2. The summed E-state index contributed by atoms with van der Waals surface area (Å²) in [6.45, 7) is 0. The van der Waals surface area contributed by atoms with Gasteiger partial charge < -0.3 is 15.1 Å². The Labute approximate surface area is 178 Å². The van der Waals surface area contributed by atoms with Gasteiger partial charge in [0.2, 0.25) is 0 Å². The van der Waals surface area contributed by atoms with Crippen LogP contribution in [0.5, 0.6) is 0 Å². The molecule has 2 aromatic rings. The van der Waals surface area contributed by atoms with E-state index < -0.39 is 0 Å². The molecule has 2 aliphatic heterocycles. The largest absolute Gasteiger partial charge is 0.339 e. The molecule has 2 bridgehead atoms. The van der Waals surface area contributed by atoms with E-state index >= 15 is 0 Å². The SMILES string of the molecule is CN(C(=O)c1cccc(C(=O)N(C)C2CC3CCC(C2)N3)c1)c1ccccc1.Cl. The monoisotopic (exact) mass is 413 g/mol. The maximum absolute atomic E-state index is 13.1. The average Bonchev–Trinajstić information content (AvgIpc) is 3.09. The molecule has 0 spiro atoms. The van der Waals surface area contributed by atoms with Gasteiger partial charge in [0.05, 0.1) is 0 Å². The number of nitrogens with one attached hydrogen (secondary N) is 1. The van der Waals surface area contributed by atoms with Crippen LogP contribution < -0.4 is 10.2 Å². The number of para-hydroxylation sites is 1. The van der Waals surface area contributed by atoms with Crippen LogP contribution in [0.3, 0.4) is 0 Å². The summed E-state index contributed by atoms with van der Waals surface area (Å²) in [5, 5.41) is 3.62. The third-order valence-corrected chi connectivity index (χ3v) is 6.12. The van der Waals surface area contributed by atoms with Gasteiger partial charge in [-0.2, -0.15) is 0 Å². The van der Waals surface area contributed by atoms with E-state index in [2.05, 4.69) is 5.32 Å². The summed E-state index contributed by atoms with van der Waals surface area (Å²) >= 11 is 0. The van der Waals surface area contributed by atoms with Crippen LogP contribution in [0.2, 0.25) is 0 Å². The number of piperidine rings is 1. The smallest absolute Gasteiger partial charge is 0.258 e. The molecule has 2 heterocycles. The second-order valence-electron chi connectivity index (χ2n) is 7.96. The Hall–Kier alpha value is -2.37. The second-order valence-corrected chi connectivity index (χ2v) is 7.96. The van der Waals surface area contributed by atoms with E-state index in [1.807, 2.05) is 42.3 Å². The van der Waals surface area contributed by atoms with Crippen molar-refractivity contribution in [3.05, 3.63) is 65.7 Å². The first kappa shape index (κ1) is 21.3. The van der Waals surface area contributed by atoms with Crippen molar-refractivity contribution in [2.24, 2.45) is 0 Å². The zero-order valence-corrected chi connectivity index (χ0v) is 17.7. The lowest BCUT2D eigenvalue weighted by atomic mass is 9.97. The van der Waals surface area contributed by atoms with E-state index in [1.54, 1.807) is 36.2 Å². The minimum atomic E-state index is -0.122. The van der Waals surface area contributed by atoms with Gasteiger partial charge >= 0.3 is 0 Å². The van der Waals surface area contributed by atoms with E-state index in [0.29, 0.717) is 23.2 Å². The molecule has 2 fully saturated rings. The number of benzene rings is 2. The van der Waals surface area contributed by atoms with Crippen LogP contribution in [0.25, 0.3) is 0 Å². The summed E-state index contributed by atoms with van der Waals surface area (Å²) < 4.78 is 0. The Morgan fingerprint density at radius 2 is 1.45 bits per heavy atom. The zero-order valence-electron chi connectivity index (χ0n) is 16.9. The van der Waals surface area contributed by atoms with Crippen molar-refractivity contribution in [1.82, 2.24) is 10.2 Å². The van der Waals surface area contributed by atoms with Crippen LogP contribution in [0.1, 0.15) is 46.4 Å². The summed E-state index contributed by atoms with van der Waals surface area (Å²) in [7, 11) is 3.64. The van der Waals surface area contributed by atoms with Crippen molar-refractivity contribution >= 4 is 29.9 Å². The fraction of sp³-hybridized carbons (Fsp3) is 0.391. The van der Waals surface area contributed by atoms with Crippen molar-refractivity contribution in [3.63, 3.8) is 0 Å². The highest BCUT2D eigenvalue weighted by atomic mass is 35.5. The van der Waals surface area contributed by atoms with Gasteiger partial charge in [-0.25, -0.2) is 0 Å². The highest BCUT2D eigenvalue weighted by Crippen LogP contribution is 2.30. The Balaban J connectivity index is 0.00000240. The molecule has 1 N–H and O–H groups in total. The molecule has 0 aliphatic carbocycles. The van der Waals surface area contributed by atoms with Crippen molar-refractivity contribution in [2.45, 2.75) is 43.8 Å². The molecule has 5 nitrogen and oxygen atoms in total. The van der Waals surface area contributed by atoms with Crippen molar-refractivity contribution in [1.29, 1.82) is 0 Å². The number of hydrogen-bond acceptors (Lipinski definition) is 3. The molecule has 2 atom stereocenters.